The molecule has 136 valence electrons. The van der Waals surface area contributed by atoms with E-state index in [1.807, 2.05) is 0 Å². The Labute approximate surface area is 155 Å². The number of hydrogen-bond acceptors (Lipinski definition) is 0. The van der Waals surface area contributed by atoms with Gasteiger partial charge in [-0.05, 0) is 60.3 Å². The van der Waals surface area contributed by atoms with Crippen LogP contribution < -0.4 is 4.57 Å². The van der Waals surface area contributed by atoms with Gasteiger partial charge < -0.3 is 0 Å². The van der Waals surface area contributed by atoms with Crippen molar-refractivity contribution in [3.05, 3.63) is 53.2 Å². The Kier molecular flexibility index (Phi) is 5.76. The van der Waals surface area contributed by atoms with Gasteiger partial charge >= 0.3 is 0 Å². The highest BCUT2D eigenvalue weighted by Crippen LogP contribution is 2.33. The maximum absolute atomic E-state index is 2.37. The summed E-state index contributed by atoms with van der Waals surface area (Å²) in [6, 6.07) is 11.6. The van der Waals surface area contributed by atoms with Crippen molar-refractivity contribution in [1.82, 2.24) is 0 Å². The second-order valence-electron chi connectivity index (χ2n) is 8.45. The van der Waals surface area contributed by atoms with Crippen molar-refractivity contribution >= 4 is 0 Å². The highest BCUT2D eigenvalue weighted by molar-refractivity contribution is 5.62. The summed E-state index contributed by atoms with van der Waals surface area (Å²) in [6.45, 7) is 16.1. The number of pyridine rings is 1. The van der Waals surface area contributed by atoms with Gasteiger partial charge in [-0.3, -0.25) is 0 Å². The van der Waals surface area contributed by atoms with Gasteiger partial charge in [-0.1, -0.05) is 53.7 Å². The topological polar surface area (TPSA) is 3.88 Å². The largest absolute Gasteiger partial charge is 0.212 e. The minimum atomic E-state index is 0.236. The van der Waals surface area contributed by atoms with Crippen molar-refractivity contribution in [2.75, 3.05) is 0 Å². The van der Waals surface area contributed by atoms with Crippen LogP contribution >= 0.6 is 0 Å². The first-order chi connectivity index (χ1) is 11.7. The van der Waals surface area contributed by atoms with Crippen LogP contribution in [0.25, 0.3) is 11.3 Å². The molecule has 0 saturated heterocycles. The summed E-state index contributed by atoms with van der Waals surface area (Å²) in [5, 5.41) is 0. The molecule has 1 aromatic heterocycles. The normalized spacial score (nSPS) is 12.5. The quantitative estimate of drug-likeness (QED) is 0.548. The molecule has 1 nitrogen and oxygen atoms in total. The van der Waals surface area contributed by atoms with Gasteiger partial charge in [0.15, 0.2) is 6.20 Å². The summed E-state index contributed by atoms with van der Waals surface area (Å²) in [6.07, 6.45) is 5.82. The van der Waals surface area contributed by atoms with E-state index in [0.29, 0.717) is 0 Å². The van der Waals surface area contributed by atoms with E-state index in [-0.39, 0.29) is 10.8 Å². The fraction of sp³-hybridized carbons (Fsp3) is 0.542. The van der Waals surface area contributed by atoms with Crippen molar-refractivity contribution in [1.29, 1.82) is 0 Å². The fourth-order valence-corrected chi connectivity index (χ4v) is 3.48. The summed E-state index contributed by atoms with van der Waals surface area (Å²) in [7, 11) is 2.17. The van der Waals surface area contributed by atoms with Gasteiger partial charge in [0.05, 0.1) is 0 Å². The Morgan fingerprint density at radius 1 is 0.840 bits per heavy atom. The molecule has 0 saturated carbocycles. The van der Waals surface area contributed by atoms with Crippen LogP contribution in [0.4, 0.5) is 0 Å². The van der Waals surface area contributed by atoms with Crippen LogP contribution in [0, 0.1) is 6.92 Å². The summed E-state index contributed by atoms with van der Waals surface area (Å²) in [5.41, 5.74) is 7.34. The predicted molar refractivity (Wildman–Crippen MR) is 109 cm³/mol. The second-order valence-corrected chi connectivity index (χ2v) is 8.45. The average molecular weight is 339 g/mol. The van der Waals surface area contributed by atoms with Crippen molar-refractivity contribution in [2.45, 2.75) is 78.6 Å². The lowest BCUT2D eigenvalue weighted by Crippen LogP contribution is -2.34. The van der Waals surface area contributed by atoms with E-state index < -0.39 is 0 Å². The Morgan fingerprint density at radius 3 is 1.92 bits per heavy atom. The minimum Gasteiger partial charge on any atom is -0.201 e. The van der Waals surface area contributed by atoms with Gasteiger partial charge in [0.25, 0.3) is 0 Å². The molecule has 1 aromatic carbocycles. The number of aryl methyl sites for hydroxylation is 2. The molecule has 0 aliphatic heterocycles. The van der Waals surface area contributed by atoms with Gasteiger partial charge in [0, 0.05) is 17.2 Å². The van der Waals surface area contributed by atoms with Gasteiger partial charge in [-0.15, -0.1) is 0 Å². The zero-order valence-corrected chi connectivity index (χ0v) is 17.5. The molecule has 0 fully saturated rings. The van der Waals surface area contributed by atoms with Crippen molar-refractivity contribution in [3.63, 3.8) is 0 Å². The maximum Gasteiger partial charge on any atom is 0.212 e. The molecule has 0 N–H and O–H groups in total. The van der Waals surface area contributed by atoms with Crippen LogP contribution in [0.3, 0.4) is 0 Å². The van der Waals surface area contributed by atoms with Crippen LogP contribution in [0.1, 0.15) is 77.5 Å². The SMILES string of the molecule is CCC(C)(C)c1ccc(-c2ccc(C(C)(CC)CC)c[n+]2C)c(C)c1. The van der Waals surface area contributed by atoms with Crippen LogP contribution in [-0.4, -0.2) is 0 Å². The van der Waals surface area contributed by atoms with E-state index >= 15 is 0 Å². The fourth-order valence-electron chi connectivity index (χ4n) is 3.48. The van der Waals surface area contributed by atoms with E-state index in [1.54, 1.807) is 0 Å². The molecular formula is C24H36N+. The Hall–Kier alpha value is -1.63. The number of hydrogen-bond donors (Lipinski definition) is 0. The summed E-state index contributed by atoms with van der Waals surface area (Å²) in [4.78, 5) is 0. The lowest BCUT2D eigenvalue weighted by Gasteiger charge is -2.26. The maximum atomic E-state index is 2.37. The molecule has 0 atom stereocenters. The Balaban J connectivity index is 2.46. The highest BCUT2D eigenvalue weighted by Gasteiger charge is 2.26. The molecular weight excluding hydrogens is 302 g/mol. The number of aromatic nitrogens is 1. The smallest absolute Gasteiger partial charge is 0.201 e. The monoisotopic (exact) mass is 338 g/mol. The minimum absolute atomic E-state index is 0.236. The van der Waals surface area contributed by atoms with Crippen LogP contribution in [0.5, 0.6) is 0 Å². The van der Waals surface area contributed by atoms with E-state index in [2.05, 4.69) is 96.6 Å². The molecule has 0 amide bonds. The Morgan fingerprint density at radius 2 is 1.44 bits per heavy atom. The first-order valence-electron chi connectivity index (χ1n) is 9.80. The standard InChI is InChI=1S/C24H36N/c1-9-23(5,6)19-12-14-21(18(4)16-19)22-15-13-20(17-25(22)8)24(7,10-2)11-3/h12-17H,9-11H2,1-8H3/q+1. The predicted octanol–water partition coefficient (Wildman–Crippen LogP) is 6.25. The van der Waals surface area contributed by atoms with Crippen molar-refractivity contribution in [2.24, 2.45) is 7.05 Å². The van der Waals surface area contributed by atoms with Crippen molar-refractivity contribution < 1.29 is 4.57 Å². The number of rotatable bonds is 6. The van der Waals surface area contributed by atoms with E-state index in [4.69, 9.17) is 0 Å². The second kappa shape index (κ2) is 7.32. The van der Waals surface area contributed by atoms with Crippen molar-refractivity contribution in [3.8, 4) is 11.3 Å². The zero-order valence-electron chi connectivity index (χ0n) is 17.5. The first-order valence-corrected chi connectivity index (χ1v) is 9.80. The van der Waals surface area contributed by atoms with Gasteiger partial charge in [-0.25, -0.2) is 4.57 Å². The molecule has 0 radical (unpaired) electrons. The van der Waals surface area contributed by atoms with Gasteiger partial charge in [0.2, 0.25) is 5.69 Å². The average Bonchev–Trinajstić information content (AvgIpc) is 2.61. The molecule has 0 aliphatic rings. The molecule has 2 aromatic rings. The third kappa shape index (κ3) is 3.81. The van der Waals surface area contributed by atoms with Gasteiger partial charge in [0.1, 0.15) is 7.05 Å². The number of benzene rings is 1. The van der Waals surface area contributed by atoms with E-state index in [1.165, 1.54) is 40.8 Å². The van der Waals surface area contributed by atoms with E-state index in [9.17, 15) is 0 Å². The zero-order chi connectivity index (χ0) is 18.8. The first kappa shape index (κ1) is 19.7. The molecule has 2 rings (SSSR count). The van der Waals surface area contributed by atoms with Crippen LogP contribution in [0.2, 0.25) is 0 Å². The number of nitrogens with zero attached hydrogens (tertiary/aromatic N) is 1. The molecule has 25 heavy (non-hydrogen) atoms. The lowest BCUT2D eigenvalue weighted by molar-refractivity contribution is -0.661. The summed E-state index contributed by atoms with van der Waals surface area (Å²) >= 11 is 0. The lowest BCUT2D eigenvalue weighted by atomic mass is 9.78. The highest BCUT2D eigenvalue weighted by atomic mass is 14.9. The van der Waals surface area contributed by atoms with Crippen LogP contribution in [0.15, 0.2) is 36.5 Å². The molecule has 0 spiro atoms. The third-order valence-corrected chi connectivity index (χ3v) is 6.56. The molecule has 0 unspecified atom stereocenters. The van der Waals surface area contributed by atoms with E-state index in [0.717, 1.165) is 6.42 Å². The Bertz CT molecular complexity index is 736. The summed E-state index contributed by atoms with van der Waals surface area (Å²) in [5.74, 6) is 0. The molecule has 1 heterocycles. The molecule has 1 heteroatoms. The summed E-state index contributed by atoms with van der Waals surface area (Å²) < 4.78 is 2.30. The van der Waals surface area contributed by atoms with Crippen LogP contribution in [-0.2, 0) is 17.9 Å². The molecule has 0 aliphatic carbocycles. The van der Waals surface area contributed by atoms with Gasteiger partial charge in [-0.2, -0.15) is 0 Å². The molecule has 0 bridgehead atoms. The third-order valence-electron chi connectivity index (χ3n) is 6.56.